The Morgan fingerprint density at radius 3 is 2.74 bits per heavy atom. The third-order valence-electron chi connectivity index (χ3n) is 2.93. The molecule has 1 heterocycles. The second-order valence-electron chi connectivity index (χ2n) is 4.55. The smallest absolute Gasteiger partial charge is 0.305 e. The van der Waals surface area contributed by atoms with Crippen LogP contribution in [0.3, 0.4) is 0 Å². The number of methoxy groups -OCH3 is 1. The van der Waals surface area contributed by atoms with Crippen LogP contribution in [0.5, 0.6) is 0 Å². The maximum atomic E-state index is 11.7. The number of fused-ring (bicyclic) bond motifs is 1. The number of hydrogen-bond donors (Lipinski definition) is 0. The summed E-state index contributed by atoms with van der Waals surface area (Å²) in [6, 6.07) is 7.75. The summed E-state index contributed by atoms with van der Waals surface area (Å²) in [5, 5.41) is 0.996. The lowest BCUT2D eigenvalue weighted by Gasteiger charge is -1.98. The molecule has 0 bridgehead atoms. The van der Waals surface area contributed by atoms with Gasteiger partial charge in [-0.2, -0.15) is 0 Å². The van der Waals surface area contributed by atoms with E-state index in [0.717, 1.165) is 16.5 Å². The molecule has 1 aromatic heterocycles. The number of Topliss-reactive ketones (excluding diaryl/α,β-unsaturated/α-hetero) is 1. The third-order valence-corrected chi connectivity index (χ3v) is 2.93. The fraction of sp³-hybridized carbons (Fsp3) is 0.333. The predicted octanol–water partition coefficient (Wildman–Crippen LogP) is 2.81. The third kappa shape index (κ3) is 3.44. The first-order valence-electron chi connectivity index (χ1n) is 6.16. The van der Waals surface area contributed by atoms with Crippen LogP contribution in [0.4, 0.5) is 0 Å². The quantitative estimate of drug-likeness (QED) is 0.776. The zero-order chi connectivity index (χ0) is 13.8. The number of furan rings is 1. The fourth-order valence-electron chi connectivity index (χ4n) is 1.93. The average molecular weight is 260 g/mol. The predicted molar refractivity (Wildman–Crippen MR) is 70.9 cm³/mol. The van der Waals surface area contributed by atoms with Crippen molar-refractivity contribution in [3.63, 3.8) is 0 Å². The van der Waals surface area contributed by atoms with Gasteiger partial charge >= 0.3 is 5.97 Å². The van der Waals surface area contributed by atoms with E-state index in [1.165, 1.54) is 7.11 Å². The first kappa shape index (κ1) is 13.3. The van der Waals surface area contributed by atoms with Gasteiger partial charge in [0, 0.05) is 11.8 Å². The summed E-state index contributed by atoms with van der Waals surface area (Å²) in [4.78, 5) is 22.7. The Morgan fingerprint density at radius 1 is 1.21 bits per heavy atom. The van der Waals surface area contributed by atoms with Crippen molar-refractivity contribution in [2.24, 2.45) is 0 Å². The molecule has 4 heteroatoms. The van der Waals surface area contributed by atoms with E-state index in [1.54, 1.807) is 0 Å². The molecule has 4 nitrogen and oxygen atoms in total. The van der Waals surface area contributed by atoms with E-state index in [-0.39, 0.29) is 31.0 Å². The molecule has 0 saturated heterocycles. The molecule has 2 aromatic rings. The molecule has 100 valence electrons. The zero-order valence-electron chi connectivity index (χ0n) is 11.1. The molecule has 0 fully saturated rings. The van der Waals surface area contributed by atoms with Gasteiger partial charge in [-0.3, -0.25) is 9.59 Å². The summed E-state index contributed by atoms with van der Waals surface area (Å²) in [6.45, 7) is 2.01. The van der Waals surface area contributed by atoms with Crippen LogP contribution in [0.25, 0.3) is 11.0 Å². The molecule has 2 rings (SSSR count). The monoisotopic (exact) mass is 260 g/mol. The van der Waals surface area contributed by atoms with Crippen molar-refractivity contribution >= 4 is 22.7 Å². The average Bonchev–Trinajstić information content (AvgIpc) is 2.77. The van der Waals surface area contributed by atoms with Gasteiger partial charge in [0.2, 0.25) is 0 Å². The summed E-state index contributed by atoms with van der Waals surface area (Å²) >= 11 is 0. The molecule has 0 saturated carbocycles. The fourth-order valence-corrected chi connectivity index (χ4v) is 1.93. The van der Waals surface area contributed by atoms with Crippen LogP contribution in [0, 0.1) is 6.92 Å². The lowest BCUT2D eigenvalue weighted by Crippen LogP contribution is -2.07. The van der Waals surface area contributed by atoms with Crippen LogP contribution >= 0.6 is 0 Å². The van der Waals surface area contributed by atoms with Gasteiger partial charge in [-0.05, 0) is 25.1 Å². The van der Waals surface area contributed by atoms with Gasteiger partial charge in [0.15, 0.2) is 0 Å². The van der Waals surface area contributed by atoms with Crippen LogP contribution < -0.4 is 0 Å². The zero-order valence-corrected chi connectivity index (χ0v) is 11.1. The van der Waals surface area contributed by atoms with Gasteiger partial charge in [0.25, 0.3) is 0 Å². The molecular weight excluding hydrogens is 244 g/mol. The van der Waals surface area contributed by atoms with E-state index in [4.69, 9.17) is 4.42 Å². The molecule has 0 N–H and O–H groups in total. The van der Waals surface area contributed by atoms with Gasteiger partial charge in [0.05, 0.1) is 20.0 Å². The number of aryl methyl sites for hydroxylation is 1. The van der Waals surface area contributed by atoms with Gasteiger partial charge in [0.1, 0.15) is 17.1 Å². The van der Waals surface area contributed by atoms with E-state index in [2.05, 4.69) is 4.74 Å². The number of carbonyl (C=O) groups excluding carboxylic acids is 2. The van der Waals surface area contributed by atoms with Crippen molar-refractivity contribution in [3.05, 3.63) is 35.6 Å². The summed E-state index contributed by atoms with van der Waals surface area (Å²) in [5.74, 6) is 0.241. The number of ketones is 1. The molecule has 19 heavy (non-hydrogen) atoms. The molecule has 0 aliphatic heterocycles. The minimum absolute atomic E-state index is 0.0267. The van der Waals surface area contributed by atoms with E-state index in [1.807, 2.05) is 31.2 Å². The van der Waals surface area contributed by atoms with Gasteiger partial charge in [-0.25, -0.2) is 0 Å². The number of hydrogen-bond acceptors (Lipinski definition) is 4. The number of benzene rings is 1. The first-order valence-corrected chi connectivity index (χ1v) is 6.16. The van der Waals surface area contributed by atoms with Crippen LogP contribution in [0.2, 0.25) is 0 Å². The lowest BCUT2D eigenvalue weighted by molar-refractivity contribution is -0.141. The maximum absolute atomic E-state index is 11.7. The lowest BCUT2D eigenvalue weighted by atomic mass is 10.1. The van der Waals surface area contributed by atoms with Crippen LogP contribution in [-0.2, 0) is 20.7 Å². The first-order chi connectivity index (χ1) is 9.08. The van der Waals surface area contributed by atoms with Crippen molar-refractivity contribution in [2.45, 2.75) is 26.2 Å². The van der Waals surface area contributed by atoms with Crippen LogP contribution in [0.1, 0.15) is 24.2 Å². The van der Waals surface area contributed by atoms with E-state index < -0.39 is 0 Å². The summed E-state index contributed by atoms with van der Waals surface area (Å²) in [7, 11) is 1.31. The van der Waals surface area contributed by atoms with Gasteiger partial charge in [-0.15, -0.1) is 0 Å². The Bertz CT molecular complexity index is 610. The summed E-state index contributed by atoms with van der Waals surface area (Å²) in [6.07, 6.45) is 0.516. The Labute approximate surface area is 111 Å². The van der Waals surface area contributed by atoms with Crippen LogP contribution in [0.15, 0.2) is 28.7 Å². The van der Waals surface area contributed by atoms with E-state index in [9.17, 15) is 9.59 Å². The minimum atomic E-state index is -0.367. The SMILES string of the molecule is COC(=O)CCC(=O)Cc1cc2cc(C)ccc2o1. The highest BCUT2D eigenvalue weighted by atomic mass is 16.5. The van der Waals surface area contributed by atoms with Crippen molar-refractivity contribution in [1.29, 1.82) is 0 Å². The highest BCUT2D eigenvalue weighted by Crippen LogP contribution is 2.21. The standard InChI is InChI=1S/C15H16O4/c1-10-3-5-14-11(7-10)8-13(19-14)9-12(16)4-6-15(17)18-2/h3,5,7-8H,4,6,9H2,1-2H3. The number of rotatable bonds is 5. The summed E-state index contributed by atoms with van der Waals surface area (Å²) < 4.78 is 10.1. The Balaban J connectivity index is 2.01. The summed E-state index contributed by atoms with van der Waals surface area (Å²) in [5.41, 5.74) is 1.93. The van der Waals surface area contributed by atoms with E-state index >= 15 is 0 Å². The molecule has 0 spiro atoms. The van der Waals surface area contributed by atoms with Crippen molar-refractivity contribution < 1.29 is 18.7 Å². The second kappa shape index (κ2) is 5.69. The normalized spacial score (nSPS) is 10.6. The van der Waals surface area contributed by atoms with Crippen molar-refractivity contribution in [2.75, 3.05) is 7.11 Å². The molecular formula is C15H16O4. The molecule has 0 unspecified atom stereocenters. The Morgan fingerprint density at radius 2 is 2.00 bits per heavy atom. The van der Waals surface area contributed by atoms with Crippen LogP contribution in [-0.4, -0.2) is 18.9 Å². The highest BCUT2D eigenvalue weighted by Gasteiger charge is 2.11. The molecule has 0 atom stereocenters. The second-order valence-corrected chi connectivity index (χ2v) is 4.55. The largest absolute Gasteiger partial charge is 0.469 e. The Kier molecular flexibility index (Phi) is 4.00. The van der Waals surface area contributed by atoms with Crippen molar-refractivity contribution in [1.82, 2.24) is 0 Å². The topological polar surface area (TPSA) is 56.5 Å². The number of carbonyl (C=O) groups is 2. The molecule has 0 amide bonds. The molecule has 1 aromatic carbocycles. The van der Waals surface area contributed by atoms with Gasteiger partial charge < -0.3 is 9.15 Å². The number of esters is 1. The van der Waals surface area contributed by atoms with Gasteiger partial charge in [-0.1, -0.05) is 11.6 Å². The molecule has 0 radical (unpaired) electrons. The maximum Gasteiger partial charge on any atom is 0.305 e. The molecule has 0 aliphatic rings. The Hall–Kier alpha value is -2.10. The minimum Gasteiger partial charge on any atom is -0.469 e. The molecule has 0 aliphatic carbocycles. The number of ether oxygens (including phenoxy) is 1. The van der Waals surface area contributed by atoms with E-state index in [0.29, 0.717) is 5.76 Å². The highest BCUT2D eigenvalue weighted by molar-refractivity contribution is 5.86. The van der Waals surface area contributed by atoms with Crippen molar-refractivity contribution in [3.8, 4) is 0 Å².